The van der Waals surface area contributed by atoms with E-state index in [0.717, 1.165) is 15.2 Å². The van der Waals surface area contributed by atoms with Crippen LogP contribution in [0, 0.1) is 0 Å². The summed E-state index contributed by atoms with van der Waals surface area (Å²) in [5.74, 6) is -1.27. The minimum absolute atomic E-state index is 0.491. The molecular formula is C21H19Cl2N2O6S4+. The van der Waals surface area contributed by atoms with E-state index in [-0.39, 0.29) is 0 Å². The molecule has 0 saturated heterocycles. The molecule has 0 aliphatic carbocycles. The van der Waals surface area contributed by atoms with E-state index >= 15 is 0 Å². The lowest BCUT2D eigenvalue weighted by molar-refractivity contribution is -0.649. The fourth-order valence-electron chi connectivity index (χ4n) is 3.53. The van der Waals surface area contributed by atoms with E-state index in [1.165, 1.54) is 32.6 Å². The molecule has 0 radical (unpaired) electrons. The van der Waals surface area contributed by atoms with Crippen molar-refractivity contribution in [2.45, 2.75) is 24.1 Å². The van der Waals surface area contributed by atoms with Gasteiger partial charge in [0, 0.05) is 27.1 Å². The lowest BCUT2D eigenvalue weighted by Crippen LogP contribution is -2.39. The maximum atomic E-state index is 11.7. The zero-order chi connectivity index (χ0) is 25.5. The number of benzene rings is 2. The monoisotopic (exact) mass is 593 g/mol. The van der Waals surface area contributed by atoms with Gasteiger partial charge in [0.2, 0.25) is 5.52 Å². The molecule has 2 N–H and O–H groups in total. The first-order chi connectivity index (χ1) is 16.3. The largest absolute Gasteiger partial charge is 0.326 e. The molecule has 0 fully saturated rings. The van der Waals surface area contributed by atoms with Crippen LogP contribution in [0.25, 0.3) is 16.3 Å². The smallest absolute Gasteiger partial charge is 0.317 e. The van der Waals surface area contributed by atoms with Crippen molar-refractivity contribution in [2.24, 2.45) is 0 Å². The van der Waals surface area contributed by atoms with Crippen molar-refractivity contribution in [3.8, 4) is 0 Å². The van der Waals surface area contributed by atoms with Crippen molar-refractivity contribution in [1.82, 2.24) is 0 Å². The lowest BCUT2D eigenvalue weighted by Gasteiger charge is -2.18. The summed E-state index contributed by atoms with van der Waals surface area (Å²) in [5, 5.41) is 2.09. The molecule has 2 heterocycles. The maximum Gasteiger partial charge on any atom is 0.326 e. The van der Waals surface area contributed by atoms with Gasteiger partial charge < -0.3 is 4.90 Å². The van der Waals surface area contributed by atoms with Crippen LogP contribution < -0.4 is 9.47 Å². The molecule has 14 heteroatoms. The Balaban J connectivity index is 1.82. The Morgan fingerprint density at radius 1 is 1.06 bits per heavy atom. The zero-order valence-electron chi connectivity index (χ0n) is 18.1. The number of anilines is 1. The Hall–Kier alpha value is -1.64. The van der Waals surface area contributed by atoms with Gasteiger partial charge in [-0.05, 0) is 48.4 Å². The number of hydrogen-bond acceptors (Lipinski definition) is 7. The molecule has 0 saturated carbocycles. The predicted molar refractivity (Wildman–Crippen MR) is 141 cm³/mol. The van der Waals surface area contributed by atoms with E-state index in [1.807, 2.05) is 6.92 Å². The average Bonchev–Trinajstić information content (AvgIpc) is 3.21. The van der Waals surface area contributed by atoms with E-state index in [0.29, 0.717) is 37.7 Å². The number of fused-ring (bicyclic) bond motifs is 2. The minimum atomic E-state index is -4.33. The molecule has 8 nitrogen and oxygen atoms in total. The second-order valence-electron chi connectivity index (χ2n) is 7.60. The number of allylic oxidation sites excluding steroid dienone is 2. The third kappa shape index (κ3) is 6.38. The van der Waals surface area contributed by atoms with Gasteiger partial charge in [0.15, 0.2) is 5.88 Å². The fourth-order valence-corrected chi connectivity index (χ4v) is 7.73. The number of nitrogens with zero attached hydrogens (tertiary/aromatic N) is 2. The van der Waals surface area contributed by atoms with Crippen LogP contribution in [-0.2, 0) is 26.1 Å². The number of hydrogen-bond donors (Lipinski definition) is 2. The molecule has 0 amide bonds. The van der Waals surface area contributed by atoms with Gasteiger partial charge in [-0.25, -0.2) is 0 Å². The molecular weight excluding hydrogens is 575 g/mol. The van der Waals surface area contributed by atoms with Crippen LogP contribution in [0.15, 0.2) is 58.0 Å². The van der Waals surface area contributed by atoms with Crippen LogP contribution in [0.1, 0.15) is 18.4 Å². The van der Waals surface area contributed by atoms with Gasteiger partial charge in [0.1, 0.15) is 4.70 Å². The maximum absolute atomic E-state index is 11.7. The Bertz CT molecular complexity index is 1600. The molecule has 1 aliphatic heterocycles. The molecule has 0 bridgehead atoms. The van der Waals surface area contributed by atoms with Gasteiger partial charge in [-0.3, -0.25) is 9.11 Å². The van der Waals surface area contributed by atoms with Crippen molar-refractivity contribution in [3.05, 3.63) is 68.1 Å². The van der Waals surface area contributed by atoms with Gasteiger partial charge in [-0.2, -0.15) is 21.4 Å². The van der Waals surface area contributed by atoms with Gasteiger partial charge in [-0.1, -0.05) is 53.2 Å². The van der Waals surface area contributed by atoms with Gasteiger partial charge in [0.25, 0.3) is 21.0 Å². The van der Waals surface area contributed by atoms with E-state index in [9.17, 15) is 25.9 Å². The normalized spacial score (nSPS) is 15.9. The second-order valence-corrected chi connectivity index (χ2v) is 13.4. The molecule has 1 aromatic heterocycles. The van der Waals surface area contributed by atoms with Crippen LogP contribution in [0.4, 0.5) is 5.69 Å². The number of rotatable bonds is 7. The Labute approximate surface area is 221 Å². The van der Waals surface area contributed by atoms with Gasteiger partial charge in [0.05, 0.1) is 10.7 Å². The highest BCUT2D eigenvalue weighted by molar-refractivity contribution is 8.03. The van der Waals surface area contributed by atoms with Crippen LogP contribution in [0.2, 0.25) is 10.0 Å². The van der Waals surface area contributed by atoms with Gasteiger partial charge in [-0.15, -0.1) is 0 Å². The summed E-state index contributed by atoms with van der Waals surface area (Å²) in [7, 11) is -8.67. The highest BCUT2D eigenvalue weighted by Gasteiger charge is 2.29. The topological polar surface area (TPSA) is 116 Å². The first-order valence-electron chi connectivity index (χ1n) is 10.0. The molecule has 35 heavy (non-hydrogen) atoms. The number of thiazole rings is 1. The molecule has 0 spiro atoms. The first-order valence-corrected chi connectivity index (χ1v) is 15.6. The second kappa shape index (κ2) is 10.0. The van der Waals surface area contributed by atoms with Crippen LogP contribution >= 0.6 is 46.3 Å². The highest BCUT2D eigenvalue weighted by Crippen LogP contribution is 2.47. The quantitative estimate of drug-likeness (QED) is 0.275. The van der Waals surface area contributed by atoms with Crippen molar-refractivity contribution in [2.75, 3.05) is 10.8 Å². The third-order valence-electron chi connectivity index (χ3n) is 5.00. The molecule has 0 unspecified atom stereocenters. The standard InChI is InChI=1S/C21H18Cl2N2O6S4/c1-2-13(7-20-24(11-34(26,27)28)16-5-3-14(22)9-18(16)32-20)8-21-25(12-35(29,30)31)17-6-4-15(23)10-19(17)33-21/h3-10H,2,11-12H2,1H3,(H-,26,27,28,29,30,31)/p+1. The first kappa shape index (κ1) is 26.4. The lowest BCUT2D eigenvalue weighted by atomic mass is 10.2. The zero-order valence-corrected chi connectivity index (χ0v) is 22.8. The van der Waals surface area contributed by atoms with Crippen molar-refractivity contribution < 1.29 is 30.5 Å². The summed E-state index contributed by atoms with van der Waals surface area (Å²) in [6.07, 6.45) is 4.08. The van der Waals surface area contributed by atoms with Crippen LogP contribution in [0.3, 0.4) is 0 Å². The Morgan fingerprint density at radius 3 is 2.40 bits per heavy atom. The fraction of sp³-hybridized carbons (Fsp3) is 0.190. The van der Waals surface area contributed by atoms with Crippen molar-refractivity contribution in [3.63, 3.8) is 0 Å². The van der Waals surface area contributed by atoms with E-state index in [2.05, 4.69) is 0 Å². The summed E-state index contributed by atoms with van der Waals surface area (Å²) in [5.41, 5.74) is 1.95. The number of aromatic nitrogens is 1. The van der Waals surface area contributed by atoms with E-state index < -0.39 is 32.0 Å². The Morgan fingerprint density at radius 2 is 1.74 bits per heavy atom. The summed E-state index contributed by atoms with van der Waals surface area (Å²) < 4.78 is 68.1. The minimum Gasteiger partial charge on any atom is -0.317 e. The van der Waals surface area contributed by atoms with E-state index in [4.69, 9.17) is 23.2 Å². The third-order valence-corrected chi connectivity index (χ3v) is 8.82. The molecule has 2 aromatic carbocycles. The molecule has 1 aliphatic rings. The summed E-state index contributed by atoms with van der Waals surface area (Å²) >= 11 is 14.8. The van der Waals surface area contributed by atoms with Crippen LogP contribution in [-0.4, -0.2) is 31.8 Å². The summed E-state index contributed by atoms with van der Waals surface area (Å²) in [6.45, 7) is 1.90. The Kier molecular flexibility index (Phi) is 7.56. The molecule has 186 valence electrons. The highest BCUT2D eigenvalue weighted by atomic mass is 35.5. The SMILES string of the molecule is CCC(=Cc1sc2cc(Cl)ccc2[n+]1CS(=O)(=O)O)C=C1Sc2cc(Cl)ccc2N1CS(=O)(=O)O. The predicted octanol–water partition coefficient (Wildman–Crippen LogP) is 5.43. The van der Waals surface area contributed by atoms with Gasteiger partial charge >= 0.3 is 10.1 Å². The molecule has 0 atom stereocenters. The summed E-state index contributed by atoms with van der Waals surface area (Å²) in [6, 6.07) is 10.1. The van der Waals surface area contributed by atoms with E-state index in [1.54, 1.807) is 48.6 Å². The average molecular weight is 595 g/mol. The number of halogens is 2. The van der Waals surface area contributed by atoms with Crippen LogP contribution in [0.5, 0.6) is 0 Å². The number of thioether (sulfide) groups is 1. The molecule has 4 rings (SSSR count). The van der Waals surface area contributed by atoms with Crippen molar-refractivity contribution in [1.29, 1.82) is 0 Å². The van der Waals surface area contributed by atoms with Crippen molar-refractivity contribution >= 4 is 88.5 Å². The molecule has 3 aromatic rings. The summed E-state index contributed by atoms with van der Waals surface area (Å²) in [4.78, 5) is 2.22.